The van der Waals surface area contributed by atoms with Gasteiger partial charge in [-0.25, -0.2) is 0 Å². The number of carbonyl (C=O) groups is 1. The maximum atomic E-state index is 12.3. The largest absolute Gasteiger partial charge is 0.322 e. The van der Waals surface area contributed by atoms with E-state index in [0.717, 1.165) is 24.3 Å². The molecule has 1 aliphatic rings. The summed E-state index contributed by atoms with van der Waals surface area (Å²) in [5.74, 6) is -0.306. The van der Waals surface area contributed by atoms with E-state index >= 15 is 0 Å². The lowest BCUT2D eigenvalue weighted by atomic mass is 10.1. The van der Waals surface area contributed by atoms with Gasteiger partial charge in [0.25, 0.3) is 5.69 Å². The number of rotatable bonds is 5. The van der Waals surface area contributed by atoms with Crippen LogP contribution in [0.1, 0.15) is 30.5 Å². The van der Waals surface area contributed by atoms with Crippen molar-refractivity contribution in [1.82, 2.24) is 4.90 Å². The molecule has 0 aromatic heterocycles. The summed E-state index contributed by atoms with van der Waals surface area (Å²) >= 11 is 0. The van der Waals surface area contributed by atoms with Gasteiger partial charge in [-0.05, 0) is 43.2 Å². The normalized spacial score (nSPS) is 14.0. The number of hydrogen-bond donors (Lipinski definition) is 1. The molecule has 1 heterocycles. The van der Waals surface area contributed by atoms with E-state index in [4.69, 9.17) is 0 Å². The van der Waals surface area contributed by atoms with E-state index in [9.17, 15) is 14.9 Å². The van der Waals surface area contributed by atoms with Crippen LogP contribution in [0.15, 0.2) is 48.5 Å². The van der Waals surface area contributed by atoms with Crippen LogP contribution in [0, 0.1) is 10.1 Å². The van der Waals surface area contributed by atoms with E-state index in [1.54, 1.807) is 18.2 Å². The summed E-state index contributed by atoms with van der Waals surface area (Å²) in [6, 6.07) is 12.7. The van der Waals surface area contributed by atoms with Gasteiger partial charge in [-0.3, -0.25) is 19.8 Å². The van der Waals surface area contributed by atoms with E-state index in [-0.39, 0.29) is 11.6 Å². The predicted octanol–water partition coefficient (Wildman–Crippen LogP) is 3.97. The maximum absolute atomic E-state index is 12.3. The Labute approximate surface area is 152 Å². The van der Waals surface area contributed by atoms with Gasteiger partial charge in [0.2, 0.25) is 5.91 Å². The summed E-state index contributed by atoms with van der Waals surface area (Å²) in [6.07, 6.45) is 2.80. The zero-order valence-electron chi connectivity index (χ0n) is 14.8. The first-order valence-electron chi connectivity index (χ1n) is 8.53. The lowest BCUT2D eigenvalue weighted by Gasteiger charge is -2.19. The second-order valence-corrected chi connectivity index (χ2v) is 6.58. The number of para-hydroxylation sites is 1. The van der Waals surface area contributed by atoms with Crippen molar-refractivity contribution in [3.05, 3.63) is 75.3 Å². The summed E-state index contributed by atoms with van der Waals surface area (Å²) in [4.78, 5) is 25.2. The smallest absolute Gasteiger partial charge is 0.276 e. The molecular weight excluding hydrogens is 330 g/mol. The van der Waals surface area contributed by atoms with Crippen molar-refractivity contribution < 1.29 is 9.72 Å². The first kappa shape index (κ1) is 17.8. The predicted molar refractivity (Wildman–Crippen MR) is 102 cm³/mol. The third-order valence-electron chi connectivity index (χ3n) is 4.54. The number of nitrogens with zero attached hydrogens (tertiary/aromatic N) is 2. The zero-order chi connectivity index (χ0) is 18.7. The molecule has 0 atom stereocenters. The van der Waals surface area contributed by atoms with Crippen LogP contribution in [0.4, 0.5) is 11.4 Å². The van der Waals surface area contributed by atoms with E-state index in [1.807, 2.05) is 12.1 Å². The van der Waals surface area contributed by atoms with Crippen LogP contribution in [0.2, 0.25) is 0 Å². The van der Waals surface area contributed by atoms with Crippen LogP contribution >= 0.6 is 0 Å². The Morgan fingerprint density at radius 3 is 2.69 bits per heavy atom. The maximum Gasteiger partial charge on any atom is 0.276 e. The van der Waals surface area contributed by atoms with Crippen LogP contribution in [0.3, 0.4) is 0 Å². The molecule has 0 aliphatic carbocycles. The molecule has 0 spiro atoms. The number of carbonyl (C=O) groups excluding carboxylic acids is 1. The summed E-state index contributed by atoms with van der Waals surface area (Å²) in [6.45, 7) is 5.99. The molecule has 0 unspecified atom stereocenters. The van der Waals surface area contributed by atoms with Crippen molar-refractivity contribution in [3.63, 3.8) is 0 Å². The molecule has 6 heteroatoms. The molecule has 3 rings (SSSR count). The fourth-order valence-electron chi connectivity index (χ4n) is 3.06. The Kier molecular flexibility index (Phi) is 5.14. The van der Waals surface area contributed by atoms with Crippen molar-refractivity contribution >= 4 is 23.4 Å². The molecule has 1 N–H and O–H groups in total. The first-order chi connectivity index (χ1) is 12.5. The minimum absolute atomic E-state index is 0.0234. The van der Waals surface area contributed by atoms with Crippen molar-refractivity contribution in [3.8, 4) is 0 Å². The highest BCUT2D eigenvalue weighted by atomic mass is 16.6. The van der Waals surface area contributed by atoms with Gasteiger partial charge in [0.15, 0.2) is 0 Å². The van der Waals surface area contributed by atoms with Crippen LogP contribution in [-0.4, -0.2) is 21.8 Å². The van der Waals surface area contributed by atoms with Gasteiger partial charge in [0.05, 0.1) is 10.5 Å². The standard InChI is InChI=1S/C20H21N3O3/c1-14(2)22-12-16-7-5-8-18(17(16)13-22)21-20(24)11-10-15-6-3-4-9-19(15)23(25)26/h3-11,14H,12-13H2,1-2H3,(H,21,24). The highest BCUT2D eigenvalue weighted by Crippen LogP contribution is 2.30. The molecule has 1 aliphatic heterocycles. The minimum atomic E-state index is -0.456. The molecule has 1 amide bonds. The Morgan fingerprint density at radius 1 is 1.19 bits per heavy atom. The van der Waals surface area contributed by atoms with Gasteiger partial charge < -0.3 is 5.32 Å². The highest BCUT2D eigenvalue weighted by Gasteiger charge is 2.23. The van der Waals surface area contributed by atoms with E-state index < -0.39 is 4.92 Å². The van der Waals surface area contributed by atoms with E-state index in [1.165, 1.54) is 23.8 Å². The fourth-order valence-corrected chi connectivity index (χ4v) is 3.06. The van der Waals surface area contributed by atoms with Gasteiger partial charge in [-0.15, -0.1) is 0 Å². The summed E-state index contributed by atoms with van der Waals surface area (Å²) in [5, 5.41) is 13.9. The van der Waals surface area contributed by atoms with Crippen molar-refractivity contribution in [2.75, 3.05) is 5.32 Å². The second kappa shape index (κ2) is 7.49. The lowest BCUT2D eigenvalue weighted by molar-refractivity contribution is -0.385. The summed E-state index contributed by atoms with van der Waals surface area (Å²) in [7, 11) is 0. The quantitative estimate of drug-likeness (QED) is 0.502. The molecule has 6 nitrogen and oxygen atoms in total. The number of fused-ring (bicyclic) bond motifs is 1. The third-order valence-corrected chi connectivity index (χ3v) is 4.54. The third kappa shape index (κ3) is 3.81. The molecule has 0 saturated carbocycles. The van der Waals surface area contributed by atoms with Gasteiger partial charge in [0, 0.05) is 37.0 Å². The number of anilines is 1. The number of hydrogen-bond acceptors (Lipinski definition) is 4. The van der Waals surface area contributed by atoms with Gasteiger partial charge in [-0.1, -0.05) is 24.3 Å². The van der Waals surface area contributed by atoms with Gasteiger partial charge in [0.1, 0.15) is 0 Å². The van der Waals surface area contributed by atoms with Crippen molar-refractivity contribution in [1.29, 1.82) is 0 Å². The number of nitro benzene ring substituents is 1. The van der Waals surface area contributed by atoms with E-state index in [2.05, 4.69) is 30.1 Å². The van der Waals surface area contributed by atoms with Gasteiger partial charge >= 0.3 is 0 Å². The Morgan fingerprint density at radius 2 is 1.96 bits per heavy atom. The number of nitro groups is 1. The zero-order valence-corrected chi connectivity index (χ0v) is 14.8. The average Bonchev–Trinajstić information content (AvgIpc) is 3.06. The van der Waals surface area contributed by atoms with Gasteiger partial charge in [-0.2, -0.15) is 0 Å². The first-order valence-corrected chi connectivity index (χ1v) is 8.53. The molecule has 2 aromatic rings. The number of benzene rings is 2. The molecule has 0 saturated heterocycles. The van der Waals surface area contributed by atoms with Crippen LogP contribution in [-0.2, 0) is 17.9 Å². The molecule has 0 bridgehead atoms. The Balaban J connectivity index is 1.75. The van der Waals surface area contributed by atoms with Crippen molar-refractivity contribution in [2.24, 2.45) is 0 Å². The lowest BCUT2D eigenvalue weighted by Crippen LogP contribution is -2.24. The fraction of sp³-hybridized carbons (Fsp3) is 0.250. The van der Waals surface area contributed by atoms with Crippen LogP contribution in [0.25, 0.3) is 6.08 Å². The molecule has 26 heavy (non-hydrogen) atoms. The van der Waals surface area contributed by atoms with Crippen LogP contribution < -0.4 is 5.32 Å². The summed E-state index contributed by atoms with van der Waals surface area (Å²) < 4.78 is 0. The molecular formula is C20H21N3O3. The minimum Gasteiger partial charge on any atom is -0.322 e. The SMILES string of the molecule is CC(C)N1Cc2cccc(NC(=O)C=Cc3ccccc3[N+](=O)[O-])c2C1. The number of nitrogens with one attached hydrogen (secondary N) is 1. The Bertz CT molecular complexity index is 874. The highest BCUT2D eigenvalue weighted by molar-refractivity contribution is 6.02. The molecule has 0 radical (unpaired) electrons. The second-order valence-electron chi connectivity index (χ2n) is 6.58. The topological polar surface area (TPSA) is 75.5 Å². The van der Waals surface area contributed by atoms with Crippen LogP contribution in [0.5, 0.6) is 0 Å². The van der Waals surface area contributed by atoms with Crippen molar-refractivity contribution in [2.45, 2.75) is 33.0 Å². The molecule has 2 aromatic carbocycles. The Hall–Kier alpha value is -2.99. The van der Waals surface area contributed by atoms with E-state index in [0.29, 0.717) is 11.6 Å². The molecule has 134 valence electrons. The average molecular weight is 351 g/mol. The summed E-state index contributed by atoms with van der Waals surface area (Å²) in [5.41, 5.74) is 3.53. The number of amides is 1. The monoisotopic (exact) mass is 351 g/mol. The molecule has 0 fully saturated rings.